The molecule has 0 fully saturated rings. The van der Waals surface area contributed by atoms with Crippen LogP contribution >= 0.6 is 0 Å². The summed E-state index contributed by atoms with van der Waals surface area (Å²) in [5.41, 5.74) is 4.58. The molecule has 0 aliphatic heterocycles. The number of nitrogens with one attached hydrogen (secondary N) is 2. The standard InChI is InChI=1S/C25H24N6O2/c1-17-5-3-6-19(11-17)12-24(32)30-21-14-28-31(15-21)22-8-4-7-20(13-22)25(33)29-18(2)23-9-10-26-16-27-23/h3-11,13-16,18H,12H2,1-2H3,(H,29,33)(H,30,32). The van der Waals surface area contributed by atoms with Gasteiger partial charge >= 0.3 is 0 Å². The van der Waals surface area contributed by atoms with E-state index in [4.69, 9.17) is 0 Å². The van der Waals surface area contributed by atoms with Crippen molar-refractivity contribution in [2.45, 2.75) is 26.3 Å². The van der Waals surface area contributed by atoms with Crippen LogP contribution in [-0.4, -0.2) is 31.6 Å². The Bertz CT molecular complexity index is 1270. The van der Waals surface area contributed by atoms with E-state index in [0.29, 0.717) is 16.9 Å². The maximum atomic E-state index is 12.7. The van der Waals surface area contributed by atoms with Crippen LogP contribution in [0.1, 0.15) is 40.1 Å². The largest absolute Gasteiger partial charge is 0.344 e. The van der Waals surface area contributed by atoms with Gasteiger partial charge in [0.15, 0.2) is 0 Å². The summed E-state index contributed by atoms with van der Waals surface area (Å²) in [7, 11) is 0. The molecule has 0 saturated heterocycles. The minimum Gasteiger partial charge on any atom is -0.344 e. The lowest BCUT2D eigenvalue weighted by atomic mass is 10.1. The minimum atomic E-state index is -0.260. The van der Waals surface area contributed by atoms with Gasteiger partial charge < -0.3 is 10.6 Å². The van der Waals surface area contributed by atoms with Crippen molar-refractivity contribution in [2.24, 2.45) is 0 Å². The van der Waals surface area contributed by atoms with Crippen molar-refractivity contribution < 1.29 is 9.59 Å². The van der Waals surface area contributed by atoms with Crippen LogP contribution in [0.15, 0.2) is 79.5 Å². The lowest BCUT2D eigenvalue weighted by Gasteiger charge is -2.13. The monoisotopic (exact) mass is 440 g/mol. The van der Waals surface area contributed by atoms with E-state index in [-0.39, 0.29) is 24.3 Å². The summed E-state index contributed by atoms with van der Waals surface area (Å²) < 4.78 is 1.62. The fourth-order valence-electron chi connectivity index (χ4n) is 3.44. The van der Waals surface area contributed by atoms with Crippen molar-refractivity contribution in [3.63, 3.8) is 0 Å². The number of hydrogen-bond acceptors (Lipinski definition) is 5. The Morgan fingerprint density at radius 1 is 1.09 bits per heavy atom. The molecule has 166 valence electrons. The molecule has 2 N–H and O–H groups in total. The van der Waals surface area contributed by atoms with Gasteiger partial charge in [0, 0.05) is 11.8 Å². The quantitative estimate of drug-likeness (QED) is 0.457. The number of amides is 2. The van der Waals surface area contributed by atoms with Crippen LogP contribution in [-0.2, 0) is 11.2 Å². The van der Waals surface area contributed by atoms with Gasteiger partial charge in [-0.25, -0.2) is 14.6 Å². The fourth-order valence-corrected chi connectivity index (χ4v) is 3.44. The number of aryl methyl sites for hydroxylation is 1. The molecule has 8 heteroatoms. The van der Waals surface area contributed by atoms with Crippen LogP contribution in [0.5, 0.6) is 0 Å². The second-order valence-corrected chi connectivity index (χ2v) is 7.77. The molecule has 0 bridgehead atoms. The zero-order valence-corrected chi connectivity index (χ0v) is 18.4. The van der Waals surface area contributed by atoms with Crippen molar-refractivity contribution in [3.8, 4) is 5.69 Å². The zero-order valence-electron chi connectivity index (χ0n) is 18.4. The molecule has 0 spiro atoms. The van der Waals surface area contributed by atoms with Crippen molar-refractivity contribution in [1.29, 1.82) is 0 Å². The van der Waals surface area contributed by atoms with Gasteiger partial charge in [0.25, 0.3) is 5.91 Å². The summed E-state index contributed by atoms with van der Waals surface area (Å²) in [5.74, 6) is -0.339. The SMILES string of the molecule is Cc1cccc(CC(=O)Nc2cnn(-c3cccc(C(=O)NC(C)c4ccncn4)c3)c2)c1. The highest BCUT2D eigenvalue weighted by atomic mass is 16.2. The van der Waals surface area contributed by atoms with Gasteiger partial charge in [-0.2, -0.15) is 5.10 Å². The maximum Gasteiger partial charge on any atom is 0.251 e. The predicted molar refractivity (Wildman–Crippen MR) is 125 cm³/mol. The van der Waals surface area contributed by atoms with E-state index in [1.165, 1.54) is 6.33 Å². The van der Waals surface area contributed by atoms with Crippen molar-refractivity contribution >= 4 is 17.5 Å². The average molecular weight is 441 g/mol. The number of aromatic nitrogens is 4. The van der Waals surface area contributed by atoms with Crippen molar-refractivity contribution in [1.82, 2.24) is 25.1 Å². The number of carbonyl (C=O) groups is 2. The van der Waals surface area contributed by atoms with E-state index in [2.05, 4.69) is 25.7 Å². The van der Waals surface area contributed by atoms with E-state index < -0.39 is 0 Å². The Kier molecular flexibility index (Phi) is 6.54. The fraction of sp³-hybridized carbons (Fsp3) is 0.160. The summed E-state index contributed by atoms with van der Waals surface area (Å²) in [6, 6.07) is 16.5. The molecule has 2 aromatic heterocycles. The molecule has 0 radical (unpaired) electrons. The molecular weight excluding hydrogens is 416 g/mol. The molecule has 2 aromatic carbocycles. The second-order valence-electron chi connectivity index (χ2n) is 7.77. The van der Waals surface area contributed by atoms with Gasteiger partial charge in [0.2, 0.25) is 5.91 Å². The van der Waals surface area contributed by atoms with Gasteiger partial charge in [-0.05, 0) is 43.7 Å². The van der Waals surface area contributed by atoms with E-state index in [9.17, 15) is 9.59 Å². The van der Waals surface area contributed by atoms with Gasteiger partial charge in [0.1, 0.15) is 6.33 Å². The summed E-state index contributed by atoms with van der Waals surface area (Å²) in [6.07, 6.45) is 6.67. The molecule has 4 aromatic rings. The summed E-state index contributed by atoms with van der Waals surface area (Å²) in [5, 5.41) is 10.1. The van der Waals surface area contributed by atoms with E-state index in [1.807, 2.05) is 44.2 Å². The third-order valence-corrected chi connectivity index (χ3v) is 5.08. The lowest BCUT2D eigenvalue weighted by molar-refractivity contribution is -0.115. The molecular formula is C25H24N6O2. The smallest absolute Gasteiger partial charge is 0.251 e. The first-order chi connectivity index (χ1) is 16.0. The summed E-state index contributed by atoms with van der Waals surface area (Å²) >= 11 is 0. The second kappa shape index (κ2) is 9.86. The Balaban J connectivity index is 1.41. The lowest BCUT2D eigenvalue weighted by Crippen LogP contribution is -2.27. The Labute approximate surface area is 191 Å². The van der Waals surface area contributed by atoms with Crippen LogP contribution in [0.25, 0.3) is 5.69 Å². The molecule has 1 atom stereocenters. The Morgan fingerprint density at radius 2 is 1.94 bits per heavy atom. The van der Waals surface area contributed by atoms with E-state index in [0.717, 1.165) is 16.8 Å². The highest BCUT2D eigenvalue weighted by molar-refractivity contribution is 5.95. The van der Waals surface area contributed by atoms with Gasteiger partial charge in [-0.15, -0.1) is 0 Å². The van der Waals surface area contributed by atoms with E-state index in [1.54, 1.807) is 47.5 Å². The number of benzene rings is 2. The van der Waals surface area contributed by atoms with Crippen LogP contribution in [0.2, 0.25) is 0 Å². The molecule has 0 aliphatic carbocycles. The Hall–Kier alpha value is -4.33. The molecule has 2 heterocycles. The van der Waals surface area contributed by atoms with Crippen molar-refractivity contribution in [2.75, 3.05) is 5.32 Å². The number of rotatable bonds is 7. The molecule has 4 rings (SSSR count). The number of hydrogen-bond donors (Lipinski definition) is 2. The van der Waals surface area contributed by atoms with Crippen LogP contribution in [0.4, 0.5) is 5.69 Å². The van der Waals surface area contributed by atoms with Gasteiger partial charge in [-0.1, -0.05) is 35.9 Å². The molecule has 1 unspecified atom stereocenters. The summed E-state index contributed by atoms with van der Waals surface area (Å²) in [4.78, 5) is 33.2. The zero-order chi connectivity index (χ0) is 23.2. The first kappa shape index (κ1) is 21.9. The minimum absolute atomic E-state index is 0.119. The van der Waals surface area contributed by atoms with E-state index >= 15 is 0 Å². The van der Waals surface area contributed by atoms with Crippen LogP contribution in [0, 0.1) is 6.92 Å². The number of nitrogens with zero attached hydrogens (tertiary/aromatic N) is 4. The molecule has 0 saturated carbocycles. The normalized spacial score (nSPS) is 11.6. The third kappa shape index (κ3) is 5.68. The van der Waals surface area contributed by atoms with Crippen LogP contribution < -0.4 is 10.6 Å². The van der Waals surface area contributed by atoms with Crippen molar-refractivity contribution in [3.05, 3.63) is 102 Å². The van der Waals surface area contributed by atoms with Gasteiger partial charge in [-0.3, -0.25) is 9.59 Å². The predicted octanol–water partition coefficient (Wildman–Crippen LogP) is 3.64. The maximum absolute atomic E-state index is 12.7. The molecule has 8 nitrogen and oxygen atoms in total. The molecule has 33 heavy (non-hydrogen) atoms. The highest BCUT2D eigenvalue weighted by Gasteiger charge is 2.14. The molecule has 0 aliphatic rings. The first-order valence-electron chi connectivity index (χ1n) is 10.6. The average Bonchev–Trinajstić information content (AvgIpc) is 3.28. The van der Waals surface area contributed by atoms with Crippen LogP contribution in [0.3, 0.4) is 0 Å². The number of carbonyl (C=O) groups excluding carboxylic acids is 2. The van der Waals surface area contributed by atoms with Gasteiger partial charge in [0.05, 0.1) is 41.9 Å². The number of anilines is 1. The third-order valence-electron chi connectivity index (χ3n) is 5.08. The summed E-state index contributed by atoms with van der Waals surface area (Å²) in [6.45, 7) is 3.86. The topological polar surface area (TPSA) is 102 Å². The Morgan fingerprint density at radius 3 is 2.73 bits per heavy atom. The first-order valence-corrected chi connectivity index (χ1v) is 10.6. The molecule has 2 amide bonds. The highest BCUT2D eigenvalue weighted by Crippen LogP contribution is 2.16.